The van der Waals surface area contributed by atoms with Gasteiger partial charge in [-0.05, 0) is 24.1 Å². The van der Waals surface area contributed by atoms with E-state index in [1.165, 1.54) is 5.56 Å². The first-order chi connectivity index (χ1) is 10.3. The van der Waals surface area contributed by atoms with Gasteiger partial charge in [-0.25, -0.2) is 0 Å². The molecule has 0 fully saturated rings. The van der Waals surface area contributed by atoms with Crippen molar-refractivity contribution in [1.29, 1.82) is 0 Å². The van der Waals surface area contributed by atoms with Crippen molar-refractivity contribution in [2.75, 3.05) is 13.4 Å². The van der Waals surface area contributed by atoms with Crippen LogP contribution in [0.25, 0.3) is 0 Å². The van der Waals surface area contributed by atoms with Crippen LogP contribution in [0.5, 0.6) is 17.2 Å². The second-order valence-electron chi connectivity index (χ2n) is 4.78. The second-order valence-corrected chi connectivity index (χ2v) is 4.78. The number of hydrogen-bond acceptors (Lipinski definition) is 4. The lowest BCUT2D eigenvalue weighted by Crippen LogP contribution is -2.11. The maximum Gasteiger partial charge on any atom is 0.231 e. The predicted octanol–water partition coefficient (Wildman–Crippen LogP) is 3.24. The zero-order chi connectivity index (χ0) is 14.7. The molecule has 0 spiro atoms. The number of Topliss-reactive ketones (excluding diaryl/α,β-unsaturated/α-hetero) is 1. The number of carbonyl (C=O) groups excluding carboxylic acids is 1. The van der Waals surface area contributed by atoms with Gasteiger partial charge >= 0.3 is 0 Å². The Kier molecular flexibility index (Phi) is 3.77. The first-order valence-corrected chi connectivity index (χ1v) is 6.91. The summed E-state index contributed by atoms with van der Waals surface area (Å²) in [6.45, 7) is 2.31. The number of carbonyl (C=O) groups is 1. The molecule has 0 N–H and O–H groups in total. The van der Waals surface area contributed by atoms with E-state index in [0.29, 0.717) is 22.8 Å². The van der Waals surface area contributed by atoms with Crippen LogP contribution in [0.2, 0.25) is 0 Å². The Morgan fingerprint density at radius 2 is 1.86 bits per heavy atom. The molecule has 0 saturated carbocycles. The molecule has 2 aromatic rings. The van der Waals surface area contributed by atoms with Crippen LogP contribution >= 0.6 is 0 Å². The normalized spacial score (nSPS) is 12.2. The molecule has 4 nitrogen and oxygen atoms in total. The van der Waals surface area contributed by atoms with Crippen LogP contribution in [0.1, 0.15) is 22.8 Å². The van der Waals surface area contributed by atoms with Gasteiger partial charge in [0.05, 0.1) is 0 Å². The third kappa shape index (κ3) is 2.99. The fraction of sp³-hybridized carbons (Fsp3) is 0.235. The molecule has 2 aromatic carbocycles. The molecule has 108 valence electrons. The highest BCUT2D eigenvalue weighted by atomic mass is 16.7. The van der Waals surface area contributed by atoms with Gasteiger partial charge in [0.1, 0.15) is 5.75 Å². The largest absolute Gasteiger partial charge is 0.485 e. The van der Waals surface area contributed by atoms with Gasteiger partial charge in [-0.3, -0.25) is 4.79 Å². The monoisotopic (exact) mass is 284 g/mol. The molecule has 1 aliphatic rings. The van der Waals surface area contributed by atoms with Gasteiger partial charge in [0.25, 0.3) is 0 Å². The Labute approximate surface area is 123 Å². The molecular weight excluding hydrogens is 268 g/mol. The summed E-state index contributed by atoms with van der Waals surface area (Å²) in [7, 11) is 0. The van der Waals surface area contributed by atoms with Gasteiger partial charge in [0.15, 0.2) is 23.9 Å². The highest BCUT2D eigenvalue weighted by Crippen LogP contribution is 2.35. The molecular formula is C17H16O4. The van der Waals surface area contributed by atoms with E-state index >= 15 is 0 Å². The van der Waals surface area contributed by atoms with Gasteiger partial charge in [-0.15, -0.1) is 0 Å². The molecule has 0 aliphatic carbocycles. The van der Waals surface area contributed by atoms with E-state index in [1.54, 1.807) is 18.2 Å². The van der Waals surface area contributed by atoms with Crippen molar-refractivity contribution in [2.24, 2.45) is 0 Å². The lowest BCUT2D eigenvalue weighted by atomic mass is 10.1. The smallest absolute Gasteiger partial charge is 0.231 e. The molecule has 4 heteroatoms. The molecule has 0 amide bonds. The van der Waals surface area contributed by atoms with Crippen molar-refractivity contribution in [3.63, 3.8) is 0 Å². The minimum absolute atomic E-state index is 0.00507. The number of rotatable bonds is 5. The van der Waals surface area contributed by atoms with E-state index < -0.39 is 0 Å². The summed E-state index contributed by atoms with van der Waals surface area (Å²) in [6, 6.07) is 12.9. The number of fused-ring (bicyclic) bond motifs is 1. The van der Waals surface area contributed by atoms with Crippen LogP contribution in [0.15, 0.2) is 42.5 Å². The third-order valence-corrected chi connectivity index (χ3v) is 3.40. The lowest BCUT2D eigenvalue weighted by molar-refractivity contribution is 0.0921. The second kappa shape index (κ2) is 5.87. The molecule has 1 heterocycles. The van der Waals surface area contributed by atoms with Crippen LogP contribution in [0.4, 0.5) is 0 Å². The van der Waals surface area contributed by atoms with Crippen molar-refractivity contribution < 1.29 is 19.0 Å². The third-order valence-electron chi connectivity index (χ3n) is 3.40. The molecule has 0 radical (unpaired) electrons. The highest BCUT2D eigenvalue weighted by molar-refractivity contribution is 5.97. The number of benzene rings is 2. The molecule has 3 rings (SSSR count). The van der Waals surface area contributed by atoms with Crippen LogP contribution in [0.3, 0.4) is 0 Å². The Hall–Kier alpha value is -2.49. The zero-order valence-electron chi connectivity index (χ0n) is 11.8. The molecule has 0 bridgehead atoms. The standard InChI is InChI=1S/C17H16O4/c1-2-12-3-5-13(6-4-12)15(18)10-19-14-7-8-16-17(9-14)21-11-20-16/h3-9H,2,10-11H2,1H3. The van der Waals surface area contributed by atoms with E-state index in [1.807, 2.05) is 24.3 Å². The maximum absolute atomic E-state index is 12.1. The van der Waals surface area contributed by atoms with Crippen molar-refractivity contribution in [2.45, 2.75) is 13.3 Å². The average Bonchev–Trinajstić information content (AvgIpc) is 3.00. The molecule has 0 atom stereocenters. The van der Waals surface area contributed by atoms with Gasteiger partial charge in [-0.2, -0.15) is 0 Å². The summed E-state index contributed by atoms with van der Waals surface area (Å²) in [5.41, 5.74) is 1.87. The van der Waals surface area contributed by atoms with E-state index in [0.717, 1.165) is 6.42 Å². The Balaban J connectivity index is 1.62. The maximum atomic E-state index is 12.1. The minimum atomic E-state index is -0.0460. The Bertz CT molecular complexity index is 646. The SMILES string of the molecule is CCc1ccc(C(=O)COc2ccc3c(c2)OCO3)cc1. The van der Waals surface area contributed by atoms with Crippen molar-refractivity contribution >= 4 is 5.78 Å². The quantitative estimate of drug-likeness (QED) is 0.791. The van der Waals surface area contributed by atoms with Crippen LogP contribution in [-0.4, -0.2) is 19.2 Å². The number of ether oxygens (including phenoxy) is 3. The van der Waals surface area contributed by atoms with Crippen LogP contribution in [-0.2, 0) is 6.42 Å². The first kappa shape index (κ1) is 13.5. The topological polar surface area (TPSA) is 44.8 Å². The zero-order valence-corrected chi connectivity index (χ0v) is 11.8. The highest BCUT2D eigenvalue weighted by Gasteiger charge is 2.14. The molecule has 0 unspecified atom stereocenters. The molecule has 21 heavy (non-hydrogen) atoms. The summed E-state index contributed by atoms with van der Waals surface area (Å²) >= 11 is 0. The predicted molar refractivity (Wildman–Crippen MR) is 78.2 cm³/mol. The first-order valence-electron chi connectivity index (χ1n) is 6.91. The summed E-state index contributed by atoms with van der Waals surface area (Å²) in [4.78, 5) is 12.1. The fourth-order valence-electron chi connectivity index (χ4n) is 2.13. The summed E-state index contributed by atoms with van der Waals surface area (Å²) in [6.07, 6.45) is 0.960. The molecule has 0 aromatic heterocycles. The van der Waals surface area contributed by atoms with Crippen molar-refractivity contribution in [3.05, 3.63) is 53.6 Å². The molecule has 1 aliphatic heterocycles. The molecule has 0 saturated heterocycles. The summed E-state index contributed by atoms with van der Waals surface area (Å²) < 4.78 is 16.0. The lowest BCUT2D eigenvalue weighted by Gasteiger charge is -2.07. The van der Waals surface area contributed by atoms with Crippen molar-refractivity contribution in [3.8, 4) is 17.2 Å². The number of aryl methyl sites for hydroxylation is 1. The van der Waals surface area contributed by atoms with Gasteiger partial charge in [0.2, 0.25) is 6.79 Å². The van der Waals surface area contributed by atoms with Gasteiger partial charge in [-0.1, -0.05) is 31.2 Å². The van der Waals surface area contributed by atoms with Gasteiger partial charge in [0, 0.05) is 11.6 Å². The van der Waals surface area contributed by atoms with E-state index in [-0.39, 0.29) is 19.2 Å². The Morgan fingerprint density at radius 1 is 1.10 bits per heavy atom. The Morgan fingerprint density at radius 3 is 2.62 bits per heavy atom. The number of hydrogen-bond donors (Lipinski definition) is 0. The van der Waals surface area contributed by atoms with E-state index in [2.05, 4.69) is 6.92 Å². The van der Waals surface area contributed by atoms with E-state index in [9.17, 15) is 4.79 Å². The van der Waals surface area contributed by atoms with Crippen LogP contribution < -0.4 is 14.2 Å². The summed E-state index contributed by atoms with van der Waals surface area (Å²) in [5.74, 6) is 1.89. The minimum Gasteiger partial charge on any atom is -0.485 e. The van der Waals surface area contributed by atoms with Gasteiger partial charge < -0.3 is 14.2 Å². The van der Waals surface area contributed by atoms with Crippen LogP contribution in [0, 0.1) is 0 Å². The van der Waals surface area contributed by atoms with E-state index in [4.69, 9.17) is 14.2 Å². The van der Waals surface area contributed by atoms with Crippen molar-refractivity contribution in [1.82, 2.24) is 0 Å². The fourth-order valence-corrected chi connectivity index (χ4v) is 2.13. The summed E-state index contributed by atoms with van der Waals surface area (Å²) in [5, 5.41) is 0. The average molecular weight is 284 g/mol. The number of ketones is 1.